The van der Waals surface area contributed by atoms with E-state index in [4.69, 9.17) is 0 Å². The molecule has 2 rings (SSSR count). The van der Waals surface area contributed by atoms with Gasteiger partial charge in [-0.25, -0.2) is 8.78 Å². The summed E-state index contributed by atoms with van der Waals surface area (Å²) in [5.74, 6) is -0.881. The second-order valence-corrected chi connectivity index (χ2v) is 5.84. The van der Waals surface area contributed by atoms with Crippen molar-refractivity contribution in [3.8, 4) is 0 Å². The van der Waals surface area contributed by atoms with Gasteiger partial charge in [-0.2, -0.15) is 0 Å². The number of benzene rings is 2. The lowest BCUT2D eigenvalue weighted by molar-refractivity contribution is 0.113. The van der Waals surface area contributed by atoms with Crippen LogP contribution in [0.5, 0.6) is 0 Å². The predicted molar refractivity (Wildman–Crippen MR) is 80.1 cm³/mol. The zero-order valence-electron chi connectivity index (χ0n) is 11.2. The molecule has 0 aliphatic heterocycles. The topological polar surface area (TPSA) is 40.5 Å². The molecule has 0 aromatic heterocycles. The second-order valence-electron chi connectivity index (χ2n) is 4.99. The highest BCUT2D eigenvalue weighted by atomic mass is 79.9. The zero-order chi connectivity index (χ0) is 15.5. The van der Waals surface area contributed by atoms with Gasteiger partial charge in [-0.05, 0) is 35.7 Å². The third kappa shape index (κ3) is 3.31. The van der Waals surface area contributed by atoms with Crippen molar-refractivity contribution in [2.24, 2.45) is 0 Å². The van der Waals surface area contributed by atoms with E-state index < -0.39 is 30.3 Å². The van der Waals surface area contributed by atoms with Crippen molar-refractivity contribution in [3.63, 3.8) is 0 Å². The van der Waals surface area contributed by atoms with Crippen LogP contribution in [-0.2, 0) is 11.8 Å². The molecule has 0 aliphatic rings. The predicted octanol–water partition coefficient (Wildman–Crippen LogP) is 3.19. The van der Waals surface area contributed by atoms with E-state index in [2.05, 4.69) is 15.9 Å². The fraction of sp³-hybridized carbons (Fsp3) is 0.250. The van der Waals surface area contributed by atoms with E-state index in [-0.39, 0.29) is 12.0 Å². The van der Waals surface area contributed by atoms with E-state index in [0.29, 0.717) is 10.0 Å². The molecular weight excluding hydrogens is 342 g/mol. The third-order valence-corrected chi connectivity index (χ3v) is 4.33. The molecule has 0 saturated heterocycles. The molecule has 0 amide bonds. The zero-order valence-corrected chi connectivity index (χ0v) is 12.8. The molecule has 2 N–H and O–H groups in total. The van der Waals surface area contributed by atoms with Crippen molar-refractivity contribution in [1.29, 1.82) is 0 Å². The highest BCUT2D eigenvalue weighted by Gasteiger charge is 2.34. The Labute approximate surface area is 130 Å². The number of hydrogen-bond acceptors (Lipinski definition) is 2. The SMILES string of the molecule is OCC(CO)(Cc1ccc(F)cc1Br)c1ccccc1F. The minimum Gasteiger partial charge on any atom is -0.395 e. The lowest BCUT2D eigenvalue weighted by atomic mass is 9.76. The molecule has 5 heteroatoms. The molecule has 2 nitrogen and oxygen atoms in total. The van der Waals surface area contributed by atoms with Gasteiger partial charge in [0.2, 0.25) is 0 Å². The molecule has 0 saturated carbocycles. The summed E-state index contributed by atoms with van der Waals surface area (Å²) in [6.07, 6.45) is 0.182. The van der Waals surface area contributed by atoms with Gasteiger partial charge in [-0.3, -0.25) is 0 Å². The molecule has 0 unspecified atom stereocenters. The molecule has 112 valence electrons. The summed E-state index contributed by atoms with van der Waals surface area (Å²) in [5.41, 5.74) is -0.236. The van der Waals surface area contributed by atoms with Crippen molar-refractivity contribution in [2.75, 3.05) is 13.2 Å². The fourth-order valence-corrected chi connectivity index (χ4v) is 2.84. The molecule has 21 heavy (non-hydrogen) atoms. The normalized spacial score (nSPS) is 11.7. The second kappa shape index (κ2) is 6.64. The van der Waals surface area contributed by atoms with Gasteiger partial charge in [0.05, 0.1) is 13.2 Å². The highest BCUT2D eigenvalue weighted by molar-refractivity contribution is 9.10. The van der Waals surface area contributed by atoms with Crippen LogP contribution in [0.1, 0.15) is 11.1 Å². The fourth-order valence-electron chi connectivity index (χ4n) is 2.35. The van der Waals surface area contributed by atoms with Crippen molar-refractivity contribution in [3.05, 3.63) is 69.7 Å². The average Bonchev–Trinajstić information content (AvgIpc) is 2.48. The molecule has 0 bridgehead atoms. The lowest BCUT2D eigenvalue weighted by Gasteiger charge is -2.31. The summed E-state index contributed by atoms with van der Waals surface area (Å²) in [5, 5.41) is 19.5. The van der Waals surface area contributed by atoms with Crippen LogP contribution in [0.25, 0.3) is 0 Å². The Bertz CT molecular complexity index is 627. The van der Waals surface area contributed by atoms with Crippen molar-refractivity contribution in [1.82, 2.24) is 0 Å². The largest absolute Gasteiger partial charge is 0.395 e. The van der Waals surface area contributed by atoms with Gasteiger partial charge in [0.15, 0.2) is 0 Å². The Morgan fingerprint density at radius 3 is 2.24 bits per heavy atom. The van der Waals surface area contributed by atoms with Gasteiger partial charge < -0.3 is 10.2 Å². The molecule has 0 atom stereocenters. The Kier molecular flexibility index (Phi) is 5.08. The van der Waals surface area contributed by atoms with Gasteiger partial charge in [0.1, 0.15) is 11.6 Å². The van der Waals surface area contributed by atoms with E-state index in [1.807, 2.05) is 0 Å². The van der Waals surface area contributed by atoms with Gasteiger partial charge >= 0.3 is 0 Å². The molecule has 0 heterocycles. The van der Waals surface area contributed by atoms with E-state index in [9.17, 15) is 19.0 Å². The summed E-state index contributed by atoms with van der Waals surface area (Å²) in [6.45, 7) is -0.845. The first-order chi connectivity index (χ1) is 10.0. The maximum Gasteiger partial charge on any atom is 0.127 e. The van der Waals surface area contributed by atoms with Crippen LogP contribution in [0, 0.1) is 11.6 Å². The lowest BCUT2D eigenvalue weighted by Crippen LogP contribution is -2.38. The molecule has 0 fully saturated rings. The number of aliphatic hydroxyl groups excluding tert-OH is 2. The van der Waals surface area contributed by atoms with E-state index in [0.717, 1.165) is 0 Å². The van der Waals surface area contributed by atoms with Crippen LogP contribution in [-0.4, -0.2) is 23.4 Å². The van der Waals surface area contributed by atoms with Crippen molar-refractivity contribution in [2.45, 2.75) is 11.8 Å². The maximum absolute atomic E-state index is 14.0. The number of halogens is 3. The molecule has 0 aliphatic carbocycles. The Morgan fingerprint density at radius 2 is 1.67 bits per heavy atom. The van der Waals surface area contributed by atoms with Crippen LogP contribution in [0.4, 0.5) is 8.78 Å². The maximum atomic E-state index is 14.0. The summed E-state index contributed by atoms with van der Waals surface area (Å²) in [7, 11) is 0. The minimum atomic E-state index is -1.16. The summed E-state index contributed by atoms with van der Waals surface area (Å²) < 4.78 is 27.7. The van der Waals surface area contributed by atoms with Gasteiger partial charge in [-0.15, -0.1) is 0 Å². The highest BCUT2D eigenvalue weighted by Crippen LogP contribution is 2.32. The summed E-state index contributed by atoms with van der Waals surface area (Å²) in [4.78, 5) is 0. The van der Waals surface area contributed by atoms with Crippen LogP contribution in [0.3, 0.4) is 0 Å². The first-order valence-corrected chi connectivity index (χ1v) is 7.22. The van der Waals surface area contributed by atoms with Crippen LogP contribution >= 0.6 is 15.9 Å². The number of rotatable bonds is 5. The van der Waals surface area contributed by atoms with Crippen LogP contribution < -0.4 is 0 Å². The minimum absolute atomic E-state index is 0.182. The van der Waals surface area contributed by atoms with Crippen molar-refractivity contribution < 1.29 is 19.0 Å². The Hall–Kier alpha value is -1.30. The molecule has 0 radical (unpaired) electrons. The summed E-state index contributed by atoms with van der Waals surface area (Å²) in [6, 6.07) is 10.2. The van der Waals surface area contributed by atoms with Gasteiger partial charge in [-0.1, -0.05) is 40.2 Å². The average molecular weight is 357 g/mol. The van der Waals surface area contributed by atoms with E-state index >= 15 is 0 Å². The quantitative estimate of drug-likeness (QED) is 0.863. The third-order valence-electron chi connectivity index (χ3n) is 3.59. The van der Waals surface area contributed by atoms with Gasteiger partial charge in [0.25, 0.3) is 0 Å². The molecule has 2 aromatic rings. The standard InChI is InChI=1S/C16H15BrF2O2/c17-14-7-12(18)6-5-11(14)8-16(9-20,10-21)13-3-1-2-4-15(13)19/h1-7,20-21H,8-10H2. The molecular formula is C16H15BrF2O2. The smallest absolute Gasteiger partial charge is 0.127 e. The van der Waals surface area contributed by atoms with Crippen LogP contribution in [0.2, 0.25) is 0 Å². The van der Waals surface area contributed by atoms with E-state index in [1.165, 1.54) is 18.2 Å². The van der Waals surface area contributed by atoms with Crippen molar-refractivity contribution >= 4 is 15.9 Å². The Morgan fingerprint density at radius 1 is 1.00 bits per heavy atom. The molecule has 2 aromatic carbocycles. The summed E-state index contributed by atoms with van der Waals surface area (Å²) >= 11 is 3.25. The molecule has 0 spiro atoms. The van der Waals surface area contributed by atoms with E-state index in [1.54, 1.807) is 24.3 Å². The number of aliphatic hydroxyl groups is 2. The van der Waals surface area contributed by atoms with Gasteiger partial charge in [0, 0.05) is 9.89 Å². The monoisotopic (exact) mass is 356 g/mol. The first-order valence-electron chi connectivity index (χ1n) is 6.43. The Balaban J connectivity index is 2.46. The first kappa shape index (κ1) is 16.1. The van der Waals surface area contributed by atoms with Crippen LogP contribution in [0.15, 0.2) is 46.9 Å². The number of hydrogen-bond donors (Lipinski definition) is 2.